The molecule has 0 bridgehead atoms. The number of hydrogen-bond acceptors (Lipinski definition) is 6. The Morgan fingerprint density at radius 1 is 0.500 bits per heavy atom. The summed E-state index contributed by atoms with van der Waals surface area (Å²) in [7, 11) is 13.4. The second-order valence-electron chi connectivity index (χ2n) is 1.87. The van der Waals surface area contributed by atoms with Gasteiger partial charge in [0, 0.05) is 39.3 Å². The summed E-state index contributed by atoms with van der Waals surface area (Å²) in [5.74, 6) is 0. The van der Waals surface area contributed by atoms with Gasteiger partial charge in [-0.05, 0) is 0 Å². The van der Waals surface area contributed by atoms with Crippen molar-refractivity contribution in [2.75, 3.05) is 39.3 Å². The molecule has 0 aromatic heterocycles. The maximum atomic E-state index is 4.90. The predicted molar refractivity (Wildman–Crippen MR) is 71.9 cm³/mol. The monoisotopic (exact) mass is 344 g/mol. The fraction of sp³-hybridized carbons (Fsp3) is 1.00. The average molecular weight is 346 g/mol. The molecule has 10 heteroatoms. The minimum atomic E-state index is -1.19. The molecule has 0 aliphatic heterocycles. The molecule has 0 atom stereocenters. The number of halogens is 3. The fourth-order valence-electron chi connectivity index (χ4n) is 0. The Balaban J connectivity index is -0.0000000600. The molecule has 0 spiro atoms. The van der Waals surface area contributed by atoms with Crippen molar-refractivity contribution in [1.29, 1.82) is 0 Å². The summed E-state index contributed by atoms with van der Waals surface area (Å²) in [6.07, 6.45) is 0. The van der Waals surface area contributed by atoms with E-state index in [0.717, 1.165) is 0 Å². The van der Waals surface area contributed by atoms with Crippen LogP contribution in [0.4, 0.5) is 0 Å². The van der Waals surface area contributed by atoms with Gasteiger partial charge >= 0.3 is 41.4 Å². The Morgan fingerprint density at radius 3 is 0.562 bits per heavy atom. The molecule has 0 aliphatic rings. The van der Waals surface area contributed by atoms with Crippen molar-refractivity contribution in [1.82, 2.24) is 0 Å². The zero-order valence-electron chi connectivity index (χ0n) is 9.17. The van der Waals surface area contributed by atoms with Gasteiger partial charge in [-0.1, -0.05) is 0 Å². The van der Waals surface area contributed by atoms with Gasteiger partial charge in [0.25, 0.3) is 0 Å². The van der Waals surface area contributed by atoms with Crippen LogP contribution in [0.2, 0.25) is 0 Å². The number of rotatable bonds is 3. The molecule has 0 aromatic rings. The first kappa shape index (κ1) is 25.9. The molecule has 0 aromatic carbocycles. The molecule has 0 radical (unpaired) electrons. The maximum absolute atomic E-state index is 4.90. The quantitative estimate of drug-likeness (QED) is 0.376. The fourth-order valence-corrected chi connectivity index (χ4v) is 0. The Labute approximate surface area is 115 Å². The van der Waals surface area contributed by atoms with Crippen LogP contribution < -0.4 is 34.4 Å². The first-order valence-corrected chi connectivity index (χ1v) is 8.62. The van der Waals surface area contributed by atoms with Gasteiger partial charge in [-0.3, -0.25) is 0 Å². The van der Waals surface area contributed by atoms with Gasteiger partial charge in [-0.15, -0.1) is 0 Å². The van der Waals surface area contributed by atoms with Gasteiger partial charge in [0.1, 0.15) is 0 Å². The molecule has 6 nitrogen and oxygen atoms in total. The van der Waals surface area contributed by atoms with E-state index in [1.807, 2.05) is 0 Å². The summed E-state index contributed by atoms with van der Waals surface area (Å²) >= 11 is 0. The number of hydrogen-bond donors (Lipinski definition) is 6. The molecule has 12 N–H and O–H groups in total. The molecule has 16 heavy (non-hydrogen) atoms. The summed E-state index contributed by atoms with van der Waals surface area (Å²) in [5, 5.41) is 0. The van der Waals surface area contributed by atoms with Crippen LogP contribution in [0.25, 0.3) is 0 Å². The SMILES string of the molecule is NCCN.NCCN.NCCN.[Cl][Co]([Cl])[Cl]. The minimum absolute atomic E-state index is 0.597. The second kappa shape index (κ2) is 36.0. The van der Waals surface area contributed by atoms with Gasteiger partial charge in [0.2, 0.25) is 0 Å². The van der Waals surface area contributed by atoms with Crippen LogP contribution in [-0.4, -0.2) is 39.3 Å². The van der Waals surface area contributed by atoms with E-state index in [-0.39, 0.29) is 0 Å². The summed E-state index contributed by atoms with van der Waals surface area (Å²) < 4.78 is 0. The summed E-state index contributed by atoms with van der Waals surface area (Å²) in [6, 6.07) is 0. The average Bonchev–Trinajstić information content (AvgIpc) is 2.28. The molecule has 0 aliphatic carbocycles. The topological polar surface area (TPSA) is 156 Å². The van der Waals surface area contributed by atoms with Crippen LogP contribution in [-0.2, 0) is 10.9 Å². The van der Waals surface area contributed by atoms with Crippen molar-refractivity contribution in [2.45, 2.75) is 0 Å². The van der Waals surface area contributed by atoms with Gasteiger partial charge in [-0.2, -0.15) is 0 Å². The van der Waals surface area contributed by atoms with Crippen molar-refractivity contribution < 1.29 is 10.9 Å². The van der Waals surface area contributed by atoms with Gasteiger partial charge in [0.05, 0.1) is 0 Å². The van der Waals surface area contributed by atoms with Crippen LogP contribution in [0.15, 0.2) is 0 Å². The van der Waals surface area contributed by atoms with E-state index in [0.29, 0.717) is 39.3 Å². The Kier molecular flexibility index (Phi) is 58.1. The second-order valence-corrected chi connectivity index (χ2v) is 7.03. The third kappa shape index (κ3) is 177. The van der Waals surface area contributed by atoms with E-state index in [2.05, 4.69) is 0 Å². The zero-order chi connectivity index (χ0) is 13.8. The molecular formula is C6H24Cl3CoN6. The third-order valence-electron chi connectivity index (χ3n) is 0.500. The Morgan fingerprint density at radius 2 is 0.562 bits per heavy atom. The standard InChI is InChI=1S/3C2H8N2.3ClH.Co/c3*3-1-2-4;;;;/h3*1-4H2;3*1H;/q;;;;;;+3/p-3. The van der Waals surface area contributed by atoms with Crippen LogP contribution in [0.3, 0.4) is 0 Å². The predicted octanol–water partition coefficient (Wildman–Crippen LogP) is -1.22. The molecule has 0 saturated carbocycles. The van der Waals surface area contributed by atoms with E-state index < -0.39 is 10.9 Å². The van der Waals surface area contributed by atoms with E-state index >= 15 is 0 Å². The molecule has 0 heterocycles. The van der Waals surface area contributed by atoms with Crippen LogP contribution in [0.1, 0.15) is 0 Å². The van der Waals surface area contributed by atoms with Crippen molar-refractivity contribution >= 4 is 30.4 Å². The first-order chi connectivity index (χ1) is 7.47. The van der Waals surface area contributed by atoms with Crippen LogP contribution >= 0.6 is 30.4 Å². The molecule has 0 saturated heterocycles. The summed E-state index contributed by atoms with van der Waals surface area (Å²) in [6.45, 7) is 3.58. The molecule has 0 rings (SSSR count). The molecule has 0 unspecified atom stereocenters. The Bertz CT molecular complexity index is 65.0. The first-order valence-electron chi connectivity index (χ1n) is 4.33. The van der Waals surface area contributed by atoms with Crippen molar-refractivity contribution in [3.8, 4) is 0 Å². The van der Waals surface area contributed by atoms with Crippen molar-refractivity contribution in [3.05, 3.63) is 0 Å². The molecule has 0 amide bonds. The van der Waals surface area contributed by atoms with E-state index in [9.17, 15) is 0 Å². The van der Waals surface area contributed by atoms with Crippen molar-refractivity contribution in [3.63, 3.8) is 0 Å². The Hall–Kier alpha value is 1.14. The zero-order valence-corrected chi connectivity index (χ0v) is 12.5. The van der Waals surface area contributed by atoms with Gasteiger partial charge in [0.15, 0.2) is 0 Å². The van der Waals surface area contributed by atoms with Gasteiger partial charge in [-0.25, -0.2) is 0 Å². The third-order valence-corrected chi connectivity index (χ3v) is 0.500. The van der Waals surface area contributed by atoms with Gasteiger partial charge < -0.3 is 34.4 Å². The molecular weight excluding hydrogens is 321 g/mol. The molecule has 0 fully saturated rings. The molecule has 108 valence electrons. The van der Waals surface area contributed by atoms with Crippen molar-refractivity contribution in [2.24, 2.45) is 34.4 Å². The summed E-state index contributed by atoms with van der Waals surface area (Å²) in [4.78, 5) is 0. The summed E-state index contributed by atoms with van der Waals surface area (Å²) in [5.41, 5.74) is 29.4. The van der Waals surface area contributed by atoms with Crippen LogP contribution in [0, 0.1) is 0 Å². The van der Waals surface area contributed by atoms with Crippen LogP contribution in [0.5, 0.6) is 0 Å². The van der Waals surface area contributed by atoms with E-state index in [1.54, 1.807) is 0 Å². The number of nitrogens with two attached hydrogens (primary N) is 6. The normalized spacial score (nSPS) is 8.44. The van der Waals surface area contributed by atoms with E-state index in [1.165, 1.54) is 0 Å². The van der Waals surface area contributed by atoms with E-state index in [4.69, 9.17) is 64.8 Å².